The van der Waals surface area contributed by atoms with Crippen LogP contribution in [0.25, 0.3) is 0 Å². The van der Waals surface area contributed by atoms with Gasteiger partial charge in [-0.05, 0) is 33.7 Å². The number of benzene rings is 2. The van der Waals surface area contributed by atoms with Gasteiger partial charge in [0.2, 0.25) is 0 Å². The van der Waals surface area contributed by atoms with E-state index in [9.17, 15) is 0 Å². The third-order valence-electron chi connectivity index (χ3n) is 2.73. The van der Waals surface area contributed by atoms with Crippen LogP contribution < -0.4 is 0 Å². The number of nitriles is 2. The molecule has 0 bridgehead atoms. The molecule has 0 amide bonds. The van der Waals surface area contributed by atoms with Gasteiger partial charge < -0.3 is 0 Å². The summed E-state index contributed by atoms with van der Waals surface area (Å²) in [5.41, 5.74) is 2.55. The second-order valence-corrected chi connectivity index (χ2v) is 7.54. The molecule has 2 nitrogen and oxygen atoms in total. The molecule has 0 N–H and O–H groups in total. The molecule has 2 aromatic carbocycles. The Labute approximate surface area is 147 Å². The van der Waals surface area contributed by atoms with Crippen LogP contribution in [0.2, 0.25) is 0 Å². The summed E-state index contributed by atoms with van der Waals surface area (Å²) in [5, 5.41) is 18.2. The molecule has 0 aliphatic heterocycles. The average molecular weight is 357 g/mol. The number of rotatable bonds is 2. The molecule has 2 rings (SSSR count). The smallest absolute Gasteiger partial charge is 0.0998 e. The Balaban J connectivity index is 2.10. The van der Waals surface area contributed by atoms with E-state index in [0.29, 0.717) is 19.5 Å². The van der Waals surface area contributed by atoms with E-state index in [1.54, 1.807) is 24.3 Å². The van der Waals surface area contributed by atoms with Crippen molar-refractivity contribution in [1.29, 1.82) is 10.5 Å². The first-order chi connectivity index (χ1) is 10.7. The lowest BCUT2D eigenvalue weighted by molar-refractivity contribution is 1.48. The van der Waals surface area contributed by atoms with Crippen LogP contribution in [0.5, 0.6) is 0 Å². The topological polar surface area (TPSA) is 47.6 Å². The normalized spacial score (nSPS) is 9.55. The summed E-state index contributed by atoms with van der Waals surface area (Å²) in [6.45, 7) is 0. The van der Waals surface area contributed by atoms with E-state index in [-0.39, 0.29) is 0 Å². The van der Waals surface area contributed by atoms with Crippen molar-refractivity contribution in [3.8, 4) is 12.1 Å². The summed E-state index contributed by atoms with van der Waals surface area (Å²) in [6, 6.07) is 18.7. The predicted molar refractivity (Wildman–Crippen MR) is 101 cm³/mol. The van der Waals surface area contributed by atoms with Gasteiger partial charge in [0.15, 0.2) is 0 Å². The van der Waals surface area contributed by atoms with E-state index in [4.69, 9.17) is 35.0 Å². The number of nitrogens with zero attached hydrogens (tertiary/aromatic N) is 2. The van der Waals surface area contributed by atoms with Gasteiger partial charge >= 0.3 is 0 Å². The number of thiocarbonyl (C=S) groups is 2. The molecular formula is C16H8N2S4. The lowest BCUT2D eigenvalue weighted by Gasteiger charge is -2.07. The lowest BCUT2D eigenvalue weighted by Crippen LogP contribution is -1.97. The first-order valence-corrected chi connectivity index (χ1v) is 9.05. The quantitative estimate of drug-likeness (QED) is 0.565. The summed E-state index contributed by atoms with van der Waals surface area (Å²) < 4.78 is 1.19. The third-order valence-corrected chi connectivity index (χ3v) is 6.38. The zero-order valence-electron chi connectivity index (χ0n) is 11.1. The Morgan fingerprint density at radius 2 is 1.09 bits per heavy atom. The van der Waals surface area contributed by atoms with Gasteiger partial charge in [-0.3, -0.25) is 0 Å². The van der Waals surface area contributed by atoms with Crippen LogP contribution in [0.1, 0.15) is 22.3 Å². The van der Waals surface area contributed by atoms with Crippen molar-refractivity contribution >= 4 is 54.4 Å². The van der Waals surface area contributed by atoms with Gasteiger partial charge in [0.1, 0.15) is 0 Å². The van der Waals surface area contributed by atoms with Crippen LogP contribution in [-0.2, 0) is 0 Å². The van der Waals surface area contributed by atoms with E-state index >= 15 is 0 Å². The second kappa shape index (κ2) is 8.07. The largest absolute Gasteiger partial charge is 0.192 e. The minimum Gasteiger partial charge on any atom is -0.192 e. The Bertz CT molecular complexity index is 746. The highest BCUT2D eigenvalue weighted by atomic mass is 33.1. The molecule has 0 saturated carbocycles. The SMILES string of the molecule is N#Cc1ccccc1C(=S)SSC(=S)c1ccccc1C#N. The van der Waals surface area contributed by atoms with Crippen LogP contribution in [0.15, 0.2) is 48.5 Å². The summed E-state index contributed by atoms with van der Waals surface area (Å²) in [7, 11) is 2.66. The minimum atomic E-state index is 0.545. The fourth-order valence-corrected chi connectivity index (χ4v) is 4.33. The molecule has 0 heterocycles. The molecule has 0 saturated heterocycles. The monoisotopic (exact) mass is 356 g/mol. The van der Waals surface area contributed by atoms with Crippen molar-refractivity contribution in [3.63, 3.8) is 0 Å². The second-order valence-electron chi connectivity index (χ2n) is 4.06. The number of hydrogen-bond donors (Lipinski definition) is 0. The Kier molecular flexibility index (Phi) is 6.11. The molecule has 2 aromatic rings. The molecular weight excluding hydrogens is 348 g/mol. The Morgan fingerprint density at radius 1 is 0.727 bits per heavy atom. The van der Waals surface area contributed by atoms with Crippen molar-refractivity contribution in [2.24, 2.45) is 0 Å². The fourth-order valence-electron chi connectivity index (χ4n) is 1.68. The first-order valence-electron chi connectivity index (χ1n) is 6.09. The standard InChI is InChI=1S/C16H8N2S4/c17-9-11-5-1-3-7-13(11)15(19)21-22-16(20)14-8-4-2-6-12(14)10-18/h1-8H. The molecule has 6 heteroatoms. The highest BCUT2D eigenvalue weighted by molar-refractivity contribution is 8.90. The van der Waals surface area contributed by atoms with Gasteiger partial charge in [0.05, 0.1) is 31.7 Å². The summed E-state index contributed by atoms with van der Waals surface area (Å²) >= 11 is 10.7. The van der Waals surface area contributed by atoms with Crippen molar-refractivity contribution in [3.05, 3.63) is 70.8 Å². The van der Waals surface area contributed by atoms with Crippen LogP contribution in [0.4, 0.5) is 0 Å². The first kappa shape index (κ1) is 16.7. The fraction of sp³-hybridized carbons (Fsp3) is 0. The molecule has 0 aliphatic rings. The molecule has 0 unspecified atom stereocenters. The molecule has 0 aromatic heterocycles. The maximum Gasteiger partial charge on any atom is 0.0998 e. The zero-order chi connectivity index (χ0) is 15.9. The highest BCUT2D eigenvalue weighted by Gasteiger charge is 2.12. The lowest BCUT2D eigenvalue weighted by atomic mass is 10.1. The summed E-state index contributed by atoms with van der Waals surface area (Å²) in [5.74, 6) is 0. The summed E-state index contributed by atoms with van der Waals surface area (Å²) in [6.07, 6.45) is 0. The van der Waals surface area contributed by atoms with Gasteiger partial charge in [-0.25, -0.2) is 0 Å². The van der Waals surface area contributed by atoms with Gasteiger partial charge in [-0.15, -0.1) is 0 Å². The van der Waals surface area contributed by atoms with Crippen molar-refractivity contribution in [2.45, 2.75) is 0 Å². The van der Waals surface area contributed by atoms with Crippen LogP contribution in [0.3, 0.4) is 0 Å². The van der Waals surface area contributed by atoms with Gasteiger partial charge in [-0.2, -0.15) is 10.5 Å². The van der Waals surface area contributed by atoms with E-state index in [0.717, 1.165) is 11.1 Å². The molecule has 0 fully saturated rings. The Morgan fingerprint density at radius 3 is 1.45 bits per heavy atom. The highest BCUT2D eigenvalue weighted by Crippen LogP contribution is 2.32. The van der Waals surface area contributed by atoms with Gasteiger partial charge in [0.25, 0.3) is 0 Å². The van der Waals surface area contributed by atoms with Crippen molar-refractivity contribution in [1.82, 2.24) is 0 Å². The molecule has 0 atom stereocenters. The average Bonchev–Trinajstić information content (AvgIpc) is 2.59. The van der Waals surface area contributed by atoms with E-state index in [2.05, 4.69) is 12.1 Å². The molecule has 0 aliphatic carbocycles. The van der Waals surface area contributed by atoms with Crippen LogP contribution in [0, 0.1) is 22.7 Å². The van der Waals surface area contributed by atoms with Crippen molar-refractivity contribution < 1.29 is 0 Å². The minimum absolute atomic E-state index is 0.545. The molecule has 22 heavy (non-hydrogen) atoms. The molecule has 0 spiro atoms. The van der Waals surface area contributed by atoms with Crippen molar-refractivity contribution in [2.75, 3.05) is 0 Å². The van der Waals surface area contributed by atoms with Gasteiger partial charge in [-0.1, -0.05) is 60.8 Å². The van der Waals surface area contributed by atoms with E-state index < -0.39 is 0 Å². The maximum absolute atomic E-state index is 9.10. The van der Waals surface area contributed by atoms with Crippen LogP contribution >= 0.6 is 46.0 Å². The predicted octanol–water partition coefficient (Wildman–Crippen LogP) is 4.86. The zero-order valence-corrected chi connectivity index (χ0v) is 14.4. The molecule has 0 radical (unpaired) electrons. The Hall–Kier alpha value is -1.70. The van der Waals surface area contributed by atoms with E-state index in [1.165, 1.54) is 21.6 Å². The number of hydrogen-bond acceptors (Lipinski definition) is 6. The maximum atomic E-state index is 9.10. The van der Waals surface area contributed by atoms with Gasteiger partial charge in [0, 0.05) is 11.1 Å². The summed E-state index contributed by atoms with van der Waals surface area (Å²) in [4.78, 5) is 0. The third kappa shape index (κ3) is 3.94. The molecule has 106 valence electrons. The van der Waals surface area contributed by atoms with E-state index in [1.807, 2.05) is 24.3 Å². The van der Waals surface area contributed by atoms with Crippen LogP contribution in [-0.4, -0.2) is 8.39 Å².